The number of nitrogens with one attached hydrogen (secondary N) is 1. The Morgan fingerprint density at radius 2 is 1.41 bits per heavy atom. The minimum Gasteiger partial charge on any atom is -0.331 e. The molecule has 1 saturated carbocycles. The number of nitriles is 2. The van der Waals surface area contributed by atoms with E-state index < -0.39 is 40.1 Å². The quantitative estimate of drug-likeness (QED) is 0.229. The van der Waals surface area contributed by atoms with E-state index in [4.69, 9.17) is 29.7 Å². The Kier molecular flexibility index (Phi) is 7.86. The Hall–Kier alpha value is -4.53. The average molecular weight is 643 g/mol. The van der Waals surface area contributed by atoms with Crippen LogP contribution in [0.3, 0.4) is 0 Å². The number of amidine groups is 1. The maximum atomic E-state index is 14.0. The summed E-state index contributed by atoms with van der Waals surface area (Å²) >= 11 is 11.3. The molecule has 3 aromatic carbocycles. The first-order chi connectivity index (χ1) is 20.7. The van der Waals surface area contributed by atoms with Gasteiger partial charge in [0.2, 0.25) is 0 Å². The van der Waals surface area contributed by atoms with Crippen molar-refractivity contribution in [1.29, 1.82) is 10.5 Å². The highest BCUT2D eigenvalue weighted by Crippen LogP contribution is 2.49. The smallest absolute Gasteiger partial charge is 0.331 e. The van der Waals surface area contributed by atoms with Crippen LogP contribution in [0.5, 0.6) is 0 Å². The van der Waals surface area contributed by atoms with E-state index in [0.29, 0.717) is 18.5 Å². The number of aliphatic imine (C=N–C) groups is 1. The molecule has 0 bridgehead atoms. The van der Waals surface area contributed by atoms with Gasteiger partial charge in [-0.1, -0.05) is 17.7 Å². The zero-order valence-corrected chi connectivity index (χ0v) is 24.3. The monoisotopic (exact) mass is 642 g/mol. The van der Waals surface area contributed by atoms with Gasteiger partial charge in [0.15, 0.2) is 10.2 Å². The van der Waals surface area contributed by atoms with E-state index in [-0.39, 0.29) is 27.4 Å². The van der Waals surface area contributed by atoms with Crippen molar-refractivity contribution >= 4 is 57.6 Å². The highest BCUT2D eigenvalue weighted by atomic mass is 32.1. The van der Waals surface area contributed by atoms with Gasteiger partial charge in [-0.2, -0.15) is 36.9 Å². The van der Waals surface area contributed by atoms with Gasteiger partial charge in [-0.05, 0) is 99.2 Å². The summed E-state index contributed by atoms with van der Waals surface area (Å²) in [6.45, 7) is 1.90. The molecule has 1 heterocycles. The van der Waals surface area contributed by atoms with Crippen LogP contribution < -0.4 is 15.1 Å². The predicted molar refractivity (Wildman–Crippen MR) is 161 cm³/mol. The fraction of sp³-hybridized carbons (Fsp3) is 0.233. The fourth-order valence-corrected chi connectivity index (χ4v) is 5.96. The van der Waals surface area contributed by atoms with Gasteiger partial charge < -0.3 is 10.2 Å². The molecule has 224 valence electrons. The number of alkyl halides is 6. The molecule has 6 nitrogen and oxygen atoms in total. The molecule has 3 aromatic rings. The molecule has 2 fully saturated rings. The van der Waals surface area contributed by atoms with Gasteiger partial charge in [0.25, 0.3) is 0 Å². The molecule has 0 unspecified atom stereocenters. The fourth-order valence-electron chi connectivity index (χ4n) is 5.28. The molecule has 1 N–H and O–H groups in total. The first-order valence-electron chi connectivity index (χ1n) is 13.0. The lowest BCUT2D eigenvalue weighted by Crippen LogP contribution is -2.55. The summed E-state index contributed by atoms with van der Waals surface area (Å²) in [4.78, 5) is 7.73. The molecule has 5 rings (SSSR count). The summed E-state index contributed by atoms with van der Waals surface area (Å²) in [6.07, 6.45) is -7.88. The minimum atomic E-state index is -4.84. The third kappa shape index (κ3) is 5.47. The number of anilines is 3. The van der Waals surface area contributed by atoms with E-state index in [2.05, 4.69) is 10.3 Å². The number of aryl methyl sites for hydroxylation is 1. The normalized spacial score (nSPS) is 16.9. The molecule has 44 heavy (non-hydrogen) atoms. The molecule has 0 atom stereocenters. The van der Waals surface area contributed by atoms with Gasteiger partial charge in [-0.3, -0.25) is 4.90 Å². The Balaban J connectivity index is 1.64. The van der Waals surface area contributed by atoms with Gasteiger partial charge in [0.1, 0.15) is 11.4 Å². The first kappa shape index (κ1) is 30.9. The predicted octanol–water partition coefficient (Wildman–Crippen LogP) is 8.11. The largest absolute Gasteiger partial charge is 0.417 e. The van der Waals surface area contributed by atoms with Crippen LogP contribution in [-0.2, 0) is 12.4 Å². The van der Waals surface area contributed by atoms with Crippen LogP contribution in [0.15, 0.2) is 65.7 Å². The lowest BCUT2D eigenvalue weighted by Gasteiger charge is -2.44. The van der Waals surface area contributed by atoms with Crippen LogP contribution in [0.1, 0.15) is 47.1 Å². The topological polar surface area (TPSA) is 78.4 Å². The molecule has 1 aliphatic heterocycles. The molecule has 0 radical (unpaired) electrons. The summed E-state index contributed by atoms with van der Waals surface area (Å²) in [5, 5.41) is 20.9. The van der Waals surface area contributed by atoms with Crippen LogP contribution in [0.4, 0.5) is 43.4 Å². The lowest BCUT2D eigenvalue weighted by atomic mass is 9.74. The minimum absolute atomic E-state index is 0.0125. The highest BCUT2D eigenvalue weighted by molar-refractivity contribution is 7.81. The molecule has 2 aliphatic rings. The van der Waals surface area contributed by atoms with E-state index in [0.717, 1.165) is 36.2 Å². The Morgan fingerprint density at radius 3 is 1.93 bits per heavy atom. The Labute approximate surface area is 258 Å². The lowest BCUT2D eigenvalue weighted by molar-refractivity contribution is -0.138. The van der Waals surface area contributed by atoms with Crippen molar-refractivity contribution in [3.05, 3.63) is 88.5 Å². The van der Waals surface area contributed by atoms with Crippen molar-refractivity contribution in [3.63, 3.8) is 0 Å². The summed E-state index contributed by atoms with van der Waals surface area (Å²) in [7, 11) is 0. The number of halogens is 6. The number of hydrogen-bond donors (Lipinski definition) is 1. The van der Waals surface area contributed by atoms with Crippen molar-refractivity contribution in [1.82, 2.24) is 0 Å². The maximum absolute atomic E-state index is 14.0. The Morgan fingerprint density at radius 1 is 0.864 bits per heavy atom. The SMILES string of the molecule is Cc1ccc(N2C(=S)N(c3ccc(C#N)c(C(F)(F)F)c3)C(=NC(=S)Nc3ccc(C#N)c(C(F)(F)F)c3)C23CCC3)cc1. The van der Waals surface area contributed by atoms with Crippen molar-refractivity contribution in [2.24, 2.45) is 4.99 Å². The summed E-state index contributed by atoms with van der Waals surface area (Å²) in [5.41, 5.74) is -2.84. The van der Waals surface area contributed by atoms with E-state index in [1.54, 1.807) is 6.07 Å². The second-order valence-corrected chi connectivity index (χ2v) is 11.0. The molecule has 1 spiro atoms. The van der Waals surface area contributed by atoms with Gasteiger partial charge in [-0.15, -0.1) is 0 Å². The number of thiocarbonyl (C=S) groups is 2. The average Bonchev–Trinajstić information content (AvgIpc) is 3.20. The third-order valence-electron chi connectivity index (χ3n) is 7.50. The second-order valence-electron chi connectivity index (χ2n) is 10.2. The van der Waals surface area contributed by atoms with E-state index in [1.165, 1.54) is 23.1 Å². The number of hydrogen-bond acceptors (Lipinski definition) is 4. The van der Waals surface area contributed by atoms with E-state index in [1.807, 2.05) is 36.1 Å². The molecule has 0 amide bonds. The highest BCUT2D eigenvalue weighted by Gasteiger charge is 2.58. The van der Waals surface area contributed by atoms with Gasteiger partial charge in [0, 0.05) is 11.4 Å². The third-order valence-corrected chi connectivity index (χ3v) is 8.06. The zero-order chi connectivity index (χ0) is 32.0. The van der Waals surface area contributed by atoms with Crippen LogP contribution in [0.25, 0.3) is 0 Å². The summed E-state index contributed by atoms with van der Waals surface area (Å²) in [6, 6.07) is 16.6. The maximum Gasteiger partial charge on any atom is 0.417 e. The van der Waals surface area contributed by atoms with Gasteiger partial charge >= 0.3 is 12.4 Å². The van der Waals surface area contributed by atoms with Crippen molar-refractivity contribution < 1.29 is 26.3 Å². The van der Waals surface area contributed by atoms with Crippen LogP contribution in [0, 0.1) is 29.6 Å². The standard InChI is InChI=1S/C30H20F6N6S2/c1-17-3-8-21(9-4-17)42-27(44)41(22-10-6-19(16-38)24(14-22)30(34,35)36)25(28(42)11-2-12-28)40-26(43)39-20-7-5-18(15-37)23(13-20)29(31,32)33/h3-10,13-14H,2,11-12H2,1H3,(H,39,43). The van der Waals surface area contributed by atoms with E-state index in [9.17, 15) is 31.6 Å². The van der Waals surface area contributed by atoms with Crippen molar-refractivity contribution in [2.45, 2.75) is 44.1 Å². The van der Waals surface area contributed by atoms with Gasteiger partial charge in [0.05, 0.1) is 40.1 Å². The van der Waals surface area contributed by atoms with Gasteiger partial charge in [-0.25, -0.2) is 4.99 Å². The molecular weight excluding hydrogens is 622 g/mol. The van der Waals surface area contributed by atoms with Crippen LogP contribution >= 0.6 is 24.4 Å². The molecule has 1 aliphatic carbocycles. The number of nitrogens with zero attached hydrogens (tertiary/aromatic N) is 5. The number of rotatable bonds is 3. The first-order valence-corrected chi connectivity index (χ1v) is 13.8. The summed E-state index contributed by atoms with van der Waals surface area (Å²) < 4.78 is 82.5. The van der Waals surface area contributed by atoms with Crippen molar-refractivity contribution in [2.75, 3.05) is 15.1 Å². The van der Waals surface area contributed by atoms with Crippen LogP contribution in [-0.4, -0.2) is 21.6 Å². The summed E-state index contributed by atoms with van der Waals surface area (Å²) in [5.74, 6) is 0.189. The molecule has 1 saturated heterocycles. The molecule has 0 aromatic heterocycles. The molecule has 14 heteroatoms. The molecular formula is C30H20F6N6S2. The number of benzene rings is 3. The van der Waals surface area contributed by atoms with Crippen LogP contribution in [0.2, 0.25) is 0 Å². The Bertz CT molecular complexity index is 1780. The second kappa shape index (κ2) is 11.2. The zero-order valence-electron chi connectivity index (χ0n) is 22.7. The van der Waals surface area contributed by atoms with Crippen molar-refractivity contribution in [3.8, 4) is 12.1 Å². The van der Waals surface area contributed by atoms with E-state index >= 15 is 0 Å².